The smallest absolute Gasteiger partial charge is 0.143 e. The molecule has 0 aliphatic heterocycles. The first kappa shape index (κ1) is 8.23. The van der Waals surface area contributed by atoms with Crippen molar-refractivity contribution in [3.05, 3.63) is 24.3 Å². The molecule has 0 unspecified atom stereocenters. The second kappa shape index (κ2) is 2.83. The van der Waals surface area contributed by atoms with E-state index in [4.69, 9.17) is 0 Å². The third-order valence-corrected chi connectivity index (χ3v) is 2.21. The van der Waals surface area contributed by atoms with Crippen molar-refractivity contribution in [2.75, 3.05) is 0 Å². The van der Waals surface area contributed by atoms with E-state index >= 15 is 0 Å². The molecule has 2 heterocycles. The fraction of sp³-hybridized carbons (Fsp3) is 0.400. The number of fused-ring (bicyclic) bond motifs is 1. The number of aryl methyl sites for hydroxylation is 1. The number of rotatable bonds is 1. The zero-order chi connectivity index (χ0) is 9.42. The van der Waals surface area contributed by atoms with Gasteiger partial charge in [-0.15, -0.1) is 0 Å². The van der Waals surface area contributed by atoms with Crippen LogP contribution in [0.25, 0.3) is 11.0 Å². The van der Waals surface area contributed by atoms with Gasteiger partial charge in [-0.1, -0.05) is 0 Å². The normalized spacial score (nSPS) is 11.4. The molecule has 0 bridgehead atoms. The Bertz CT molecular complexity index is 429. The molecular weight excluding hydrogens is 162 g/mol. The Hall–Kier alpha value is -1.38. The summed E-state index contributed by atoms with van der Waals surface area (Å²) < 4.78 is 2.22. The lowest BCUT2D eigenvalue weighted by molar-refractivity contribution is 0.603. The molecule has 3 nitrogen and oxygen atoms in total. The Kier molecular flexibility index (Phi) is 1.79. The fourth-order valence-corrected chi connectivity index (χ4v) is 1.75. The van der Waals surface area contributed by atoms with Gasteiger partial charge in [0.15, 0.2) is 0 Å². The zero-order valence-corrected chi connectivity index (χ0v) is 8.15. The van der Waals surface area contributed by atoms with Crippen LogP contribution in [0.5, 0.6) is 0 Å². The third-order valence-electron chi connectivity index (χ3n) is 2.21. The van der Waals surface area contributed by atoms with Gasteiger partial charge in [0.25, 0.3) is 0 Å². The van der Waals surface area contributed by atoms with Crippen molar-refractivity contribution in [1.82, 2.24) is 14.5 Å². The van der Waals surface area contributed by atoms with Gasteiger partial charge in [-0.25, -0.2) is 9.97 Å². The molecule has 0 atom stereocenters. The van der Waals surface area contributed by atoms with Crippen molar-refractivity contribution in [3.8, 4) is 0 Å². The molecule has 0 radical (unpaired) electrons. The van der Waals surface area contributed by atoms with E-state index in [0.29, 0.717) is 6.04 Å². The summed E-state index contributed by atoms with van der Waals surface area (Å²) in [6.07, 6.45) is 3.45. The third kappa shape index (κ3) is 1.20. The average molecular weight is 175 g/mol. The highest BCUT2D eigenvalue weighted by atomic mass is 15.1. The maximum atomic E-state index is 4.28. The molecule has 0 spiro atoms. The van der Waals surface area contributed by atoms with E-state index in [-0.39, 0.29) is 0 Å². The molecule has 0 fully saturated rings. The van der Waals surface area contributed by atoms with Gasteiger partial charge >= 0.3 is 0 Å². The molecule has 13 heavy (non-hydrogen) atoms. The standard InChI is InChI=1S/C10H13N3/c1-7(2)13-8(3)4-9-5-11-6-12-10(9)13/h4-7H,1-3H3. The van der Waals surface area contributed by atoms with E-state index in [9.17, 15) is 0 Å². The van der Waals surface area contributed by atoms with Gasteiger partial charge in [0.2, 0.25) is 0 Å². The Morgan fingerprint density at radius 1 is 1.38 bits per heavy atom. The van der Waals surface area contributed by atoms with E-state index in [1.54, 1.807) is 6.33 Å². The number of hydrogen-bond donors (Lipinski definition) is 0. The number of aromatic nitrogens is 3. The maximum absolute atomic E-state index is 4.28. The van der Waals surface area contributed by atoms with Crippen LogP contribution in [-0.4, -0.2) is 14.5 Å². The van der Waals surface area contributed by atoms with E-state index in [0.717, 1.165) is 11.0 Å². The summed E-state index contributed by atoms with van der Waals surface area (Å²) in [6.45, 7) is 6.42. The molecule has 2 rings (SSSR count). The Labute approximate surface area is 77.4 Å². The minimum Gasteiger partial charge on any atom is -0.327 e. The topological polar surface area (TPSA) is 30.7 Å². The predicted molar refractivity (Wildman–Crippen MR) is 52.7 cm³/mol. The van der Waals surface area contributed by atoms with Gasteiger partial charge in [0, 0.05) is 23.3 Å². The quantitative estimate of drug-likeness (QED) is 0.666. The van der Waals surface area contributed by atoms with Crippen molar-refractivity contribution in [2.24, 2.45) is 0 Å². The summed E-state index contributed by atoms with van der Waals surface area (Å²) in [5, 5.41) is 1.12. The lowest BCUT2D eigenvalue weighted by Gasteiger charge is -2.10. The highest BCUT2D eigenvalue weighted by molar-refractivity contribution is 5.76. The van der Waals surface area contributed by atoms with Gasteiger partial charge in [-0.05, 0) is 26.8 Å². The highest BCUT2D eigenvalue weighted by Crippen LogP contribution is 2.20. The lowest BCUT2D eigenvalue weighted by atomic mass is 10.3. The first-order chi connectivity index (χ1) is 6.20. The summed E-state index contributed by atoms with van der Waals surface area (Å²) in [6, 6.07) is 2.57. The van der Waals surface area contributed by atoms with Crippen molar-refractivity contribution in [1.29, 1.82) is 0 Å². The number of hydrogen-bond acceptors (Lipinski definition) is 2. The van der Waals surface area contributed by atoms with Crippen LogP contribution in [0.15, 0.2) is 18.6 Å². The summed E-state index contributed by atoms with van der Waals surface area (Å²) >= 11 is 0. The highest BCUT2D eigenvalue weighted by Gasteiger charge is 2.08. The summed E-state index contributed by atoms with van der Waals surface area (Å²) in [5.74, 6) is 0. The molecule has 0 aromatic carbocycles. The molecule has 2 aromatic heterocycles. The molecular formula is C10H13N3. The minimum atomic E-state index is 0.451. The summed E-state index contributed by atoms with van der Waals surface area (Å²) in [4.78, 5) is 8.28. The van der Waals surface area contributed by atoms with Crippen molar-refractivity contribution < 1.29 is 0 Å². The van der Waals surface area contributed by atoms with Crippen molar-refractivity contribution in [2.45, 2.75) is 26.8 Å². The first-order valence-electron chi connectivity index (χ1n) is 4.47. The molecule has 0 aliphatic carbocycles. The van der Waals surface area contributed by atoms with Crippen LogP contribution in [0, 0.1) is 6.92 Å². The van der Waals surface area contributed by atoms with Crippen molar-refractivity contribution in [3.63, 3.8) is 0 Å². The van der Waals surface area contributed by atoms with Gasteiger partial charge in [0.1, 0.15) is 12.0 Å². The molecule has 0 N–H and O–H groups in total. The minimum absolute atomic E-state index is 0.451. The van der Waals surface area contributed by atoms with Crippen LogP contribution >= 0.6 is 0 Å². The predicted octanol–water partition coefficient (Wildman–Crippen LogP) is 2.32. The molecule has 0 amide bonds. The second-order valence-electron chi connectivity index (χ2n) is 3.55. The molecule has 0 aliphatic rings. The molecule has 0 saturated heterocycles. The fourth-order valence-electron chi connectivity index (χ4n) is 1.75. The van der Waals surface area contributed by atoms with Crippen LogP contribution in [0.3, 0.4) is 0 Å². The van der Waals surface area contributed by atoms with Crippen LogP contribution in [-0.2, 0) is 0 Å². The molecule has 2 aromatic rings. The van der Waals surface area contributed by atoms with Gasteiger partial charge in [0.05, 0.1) is 0 Å². The molecule has 3 heteroatoms. The van der Waals surface area contributed by atoms with Gasteiger partial charge in [-0.3, -0.25) is 0 Å². The van der Waals surface area contributed by atoms with E-state index in [1.165, 1.54) is 5.69 Å². The van der Waals surface area contributed by atoms with Gasteiger partial charge in [-0.2, -0.15) is 0 Å². The first-order valence-corrected chi connectivity index (χ1v) is 4.47. The maximum Gasteiger partial charge on any atom is 0.143 e. The largest absolute Gasteiger partial charge is 0.327 e. The van der Waals surface area contributed by atoms with Crippen molar-refractivity contribution >= 4 is 11.0 Å². The SMILES string of the molecule is Cc1cc2cncnc2n1C(C)C. The Balaban J connectivity index is 2.78. The summed E-state index contributed by atoms with van der Waals surface area (Å²) in [7, 11) is 0. The van der Waals surface area contributed by atoms with E-state index in [2.05, 4.69) is 41.4 Å². The van der Waals surface area contributed by atoms with Gasteiger partial charge < -0.3 is 4.57 Å². The average Bonchev–Trinajstić information content (AvgIpc) is 2.39. The number of nitrogens with zero attached hydrogens (tertiary/aromatic N) is 3. The Morgan fingerprint density at radius 3 is 2.85 bits per heavy atom. The van der Waals surface area contributed by atoms with Crippen LogP contribution in [0.1, 0.15) is 25.6 Å². The molecule has 0 saturated carbocycles. The Morgan fingerprint density at radius 2 is 2.15 bits per heavy atom. The monoisotopic (exact) mass is 175 g/mol. The van der Waals surface area contributed by atoms with Crippen LogP contribution in [0.2, 0.25) is 0 Å². The second-order valence-corrected chi connectivity index (χ2v) is 3.55. The van der Waals surface area contributed by atoms with E-state index < -0.39 is 0 Å². The lowest BCUT2D eigenvalue weighted by Crippen LogP contribution is -2.03. The zero-order valence-electron chi connectivity index (χ0n) is 8.15. The van der Waals surface area contributed by atoms with Crippen LogP contribution in [0.4, 0.5) is 0 Å². The van der Waals surface area contributed by atoms with Crippen LogP contribution < -0.4 is 0 Å². The molecule has 68 valence electrons. The van der Waals surface area contributed by atoms with E-state index in [1.807, 2.05) is 6.20 Å². The summed E-state index contributed by atoms with van der Waals surface area (Å²) in [5.41, 5.74) is 2.27.